The van der Waals surface area contributed by atoms with Crippen LogP contribution in [0, 0.1) is 3.57 Å². The van der Waals surface area contributed by atoms with E-state index in [-0.39, 0.29) is 17.2 Å². The molecule has 2 N–H and O–H groups in total. The fraction of sp³-hybridized carbons (Fsp3) is 0.333. The van der Waals surface area contributed by atoms with Crippen LogP contribution in [0.2, 0.25) is 0 Å². The molecule has 1 aromatic rings. The number of amides is 2. The topological polar surface area (TPSA) is 69.6 Å². The molecule has 0 radical (unpaired) electrons. The lowest BCUT2D eigenvalue weighted by atomic mass is 10.1. The molecule has 0 saturated heterocycles. The molecule has 1 unspecified atom stereocenters. The second kappa shape index (κ2) is 6.03. The van der Waals surface area contributed by atoms with Gasteiger partial charge in [0.1, 0.15) is 11.8 Å². The summed E-state index contributed by atoms with van der Waals surface area (Å²) < 4.78 is 0.835. The molecular formula is C12H15IN2O3. The van der Waals surface area contributed by atoms with Crippen LogP contribution in [0.3, 0.4) is 0 Å². The van der Waals surface area contributed by atoms with Crippen LogP contribution >= 0.6 is 22.6 Å². The lowest BCUT2D eigenvalue weighted by Gasteiger charge is -2.18. The van der Waals surface area contributed by atoms with Crippen LogP contribution in [0.25, 0.3) is 0 Å². The Bertz CT molecular complexity index is 474. The fourth-order valence-electron chi connectivity index (χ4n) is 1.41. The van der Waals surface area contributed by atoms with Crippen LogP contribution in [0.1, 0.15) is 17.3 Å². The lowest BCUT2D eigenvalue weighted by molar-refractivity contribution is -0.130. The van der Waals surface area contributed by atoms with E-state index in [2.05, 4.69) is 5.32 Å². The SMILES string of the molecule is CC(NC(=O)c1cc(I)ccc1O)C(=O)N(C)C. The average molecular weight is 362 g/mol. The number of hydrogen-bond donors (Lipinski definition) is 2. The molecule has 0 aliphatic rings. The van der Waals surface area contributed by atoms with Gasteiger partial charge >= 0.3 is 0 Å². The molecule has 98 valence electrons. The highest BCUT2D eigenvalue weighted by Crippen LogP contribution is 2.19. The Balaban J connectivity index is 2.83. The first kappa shape index (κ1) is 14.7. The first-order valence-electron chi connectivity index (χ1n) is 5.33. The summed E-state index contributed by atoms with van der Waals surface area (Å²) in [5, 5.41) is 12.2. The van der Waals surface area contributed by atoms with Gasteiger partial charge in [0.05, 0.1) is 5.56 Å². The second-order valence-electron chi connectivity index (χ2n) is 4.09. The first-order valence-corrected chi connectivity index (χ1v) is 6.41. The number of phenols is 1. The van der Waals surface area contributed by atoms with E-state index < -0.39 is 11.9 Å². The monoisotopic (exact) mass is 362 g/mol. The smallest absolute Gasteiger partial charge is 0.255 e. The number of nitrogens with zero attached hydrogens (tertiary/aromatic N) is 1. The van der Waals surface area contributed by atoms with Crippen molar-refractivity contribution in [3.63, 3.8) is 0 Å². The summed E-state index contributed by atoms with van der Waals surface area (Å²) in [5.74, 6) is -0.764. The minimum atomic E-state index is -0.634. The molecule has 0 fully saturated rings. The Hall–Kier alpha value is -1.31. The predicted octanol–water partition coefficient (Wildman–Crippen LogP) is 1.20. The van der Waals surface area contributed by atoms with Crippen LogP contribution < -0.4 is 5.32 Å². The van der Waals surface area contributed by atoms with Gasteiger partial charge in [-0.1, -0.05) is 0 Å². The normalized spacial score (nSPS) is 11.8. The Kier molecular flexibility index (Phi) is 4.94. The van der Waals surface area contributed by atoms with E-state index in [0.29, 0.717) is 0 Å². The Labute approximate surface area is 119 Å². The van der Waals surface area contributed by atoms with Crippen molar-refractivity contribution in [2.45, 2.75) is 13.0 Å². The number of hydrogen-bond acceptors (Lipinski definition) is 3. The Morgan fingerprint density at radius 3 is 2.56 bits per heavy atom. The van der Waals surface area contributed by atoms with Gasteiger partial charge in [-0.3, -0.25) is 9.59 Å². The maximum atomic E-state index is 11.9. The Morgan fingerprint density at radius 1 is 1.39 bits per heavy atom. The van der Waals surface area contributed by atoms with E-state index in [1.165, 1.54) is 11.0 Å². The number of halogens is 1. The molecule has 18 heavy (non-hydrogen) atoms. The molecule has 6 heteroatoms. The van der Waals surface area contributed by atoms with Gasteiger partial charge in [-0.05, 0) is 47.7 Å². The first-order chi connectivity index (χ1) is 8.32. The maximum absolute atomic E-state index is 11.9. The number of phenolic OH excluding ortho intramolecular Hbond substituents is 1. The molecule has 1 aromatic carbocycles. The quantitative estimate of drug-likeness (QED) is 0.795. The number of benzene rings is 1. The van der Waals surface area contributed by atoms with E-state index in [1.807, 2.05) is 22.6 Å². The van der Waals surface area contributed by atoms with Gasteiger partial charge in [0.15, 0.2) is 0 Å². The van der Waals surface area contributed by atoms with Gasteiger partial charge in [0.2, 0.25) is 5.91 Å². The highest BCUT2D eigenvalue weighted by Gasteiger charge is 2.19. The van der Waals surface area contributed by atoms with E-state index in [0.717, 1.165) is 3.57 Å². The number of likely N-dealkylation sites (N-methyl/N-ethyl adjacent to an activating group) is 1. The van der Waals surface area contributed by atoms with Crippen molar-refractivity contribution >= 4 is 34.4 Å². The molecule has 2 amide bonds. The van der Waals surface area contributed by atoms with Crippen molar-refractivity contribution in [2.24, 2.45) is 0 Å². The van der Waals surface area contributed by atoms with Crippen LogP contribution in [0.5, 0.6) is 5.75 Å². The van der Waals surface area contributed by atoms with Gasteiger partial charge < -0.3 is 15.3 Å². The van der Waals surface area contributed by atoms with Crippen LogP contribution in [0.15, 0.2) is 18.2 Å². The molecule has 0 aromatic heterocycles. The summed E-state index contributed by atoms with van der Waals surface area (Å²) in [6.07, 6.45) is 0. The third-order valence-electron chi connectivity index (χ3n) is 2.36. The minimum absolute atomic E-state index is 0.0996. The summed E-state index contributed by atoms with van der Waals surface area (Å²) in [5.41, 5.74) is 0.167. The lowest BCUT2D eigenvalue weighted by Crippen LogP contribution is -2.44. The number of aromatic hydroxyl groups is 1. The van der Waals surface area contributed by atoms with Gasteiger partial charge in [-0.25, -0.2) is 0 Å². The largest absolute Gasteiger partial charge is 0.507 e. The zero-order chi connectivity index (χ0) is 13.9. The van der Waals surface area contributed by atoms with Crippen molar-refractivity contribution in [1.82, 2.24) is 10.2 Å². The van der Waals surface area contributed by atoms with E-state index in [1.54, 1.807) is 33.2 Å². The zero-order valence-electron chi connectivity index (χ0n) is 10.4. The van der Waals surface area contributed by atoms with E-state index in [4.69, 9.17) is 0 Å². The van der Waals surface area contributed by atoms with Crippen LogP contribution in [-0.2, 0) is 4.79 Å². The summed E-state index contributed by atoms with van der Waals surface area (Å²) in [4.78, 5) is 24.9. The van der Waals surface area contributed by atoms with Crippen molar-refractivity contribution < 1.29 is 14.7 Å². The number of carbonyl (C=O) groups excluding carboxylic acids is 2. The highest BCUT2D eigenvalue weighted by atomic mass is 127. The van der Waals surface area contributed by atoms with Crippen molar-refractivity contribution in [3.8, 4) is 5.75 Å². The third-order valence-corrected chi connectivity index (χ3v) is 3.03. The molecule has 0 heterocycles. The number of rotatable bonds is 3. The molecule has 1 atom stereocenters. The molecule has 0 aliphatic heterocycles. The van der Waals surface area contributed by atoms with Crippen LogP contribution in [0.4, 0.5) is 0 Å². The average Bonchev–Trinajstić information content (AvgIpc) is 2.30. The zero-order valence-corrected chi connectivity index (χ0v) is 12.6. The summed E-state index contributed by atoms with van der Waals surface area (Å²) in [7, 11) is 3.24. The molecule has 1 rings (SSSR count). The van der Waals surface area contributed by atoms with Crippen molar-refractivity contribution in [3.05, 3.63) is 27.3 Å². The van der Waals surface area contributed by atoms with E-state index >= 15 is 0 Å². The maximum Gasteiger partial charge on any atom is 0.255 e. The second-order valence-corrected chi connectivity index (χ2v) is 5.33. The van der Waals surface area contributed by atoms with Crippen molar-refractivity contribution in [2.75, 3.05) is 14.1 Å². The standard InChI is InChI=1S/C12H15IN2O3/c1-7(12(18)15(2)3)14-11(17)9-6-8(13)4-5-10(9)16/h4-7,16H,1-3H3,(H,14,17). The van der Waals surface area contributed by atoms with Crippen molar-refractivity contribution in [1.29, 1.82) is 0 Å². The highest BCUT2D eigenvalue weighted by molar-refractivity contribution is 14.1. The Morgan fingerprint density at radius 2 is 2.00 bits per heavy atom. The van der Waals surface area contributed by atoms with Gasteiger partial charge in [-0.15, -0.1) is 0 Å². The van der Waals surface area contributed by atoms with Gasteiger partial charge in [0.25, 0.3) is 5.91 Å². The fourth-order valence-corrected chi connectivity index (χ4v) is 1.90. The third kappa shape index (κ3) is 3.59. The molecular weight excluding hydrogens is 347 g/mol. The van der Waals surface area contributed by atoms with E-state index in [9.17, 15) is 14.7 Å². The summed E-state index contributed by atoms with van der Waals surface area (Å²) in [6, 6.07) is 4.08. The minimum Gasteiger partial charge on any atom is -0.507 e. The summed E-state index contributed by atoms with van der Waals surface area (Å²) >= 11 is 2.05. The molecule has 0 saturated carbocycles. The summed E-state index contributed by atoms with van der Waals surface area (Å²) in [6.45, 7) is 1.60. The van der Waals surface area contributed by atoms with Gasteiger partial charge in [0, 0.05) is 17.7 Å². The van der Waals surface area contributed by atoms with Gasteiger partial charge in [-0.2, -0.15) is 0 Å². The predicted molar refractivity (Wildman–Crippen MR) is 76.4 cm³/mol. The molecule has 0 bridgehead atoms. The molecule has 0 spiro atoms. The molecule has 0 aliphatic carbocycles. The number of carbonyl (C=O) groups is 2. The number of nitrogens with one attached hydrogen (secondary N) is 1. The molecule has 5 nitrogen and oxygen atoms in total. The van der Waals surface area contributed by atoms with Crippen LogP contribution in [-0.4, -0.2) is 42.0 Å².